The Labute approximate surface area is 160 Å². The van der Waals surface area contributed by atoms with Crippen LogP contribution < -0.4 is 0 Å². The van der Waals surface area contributed by atoms with Gasteiger partial charge < -0.3 is 14.9 Å². The van der Waals surface area contributed by atoms with Gasteiger partial charge in [-0.3, -0.25) is 9.79 Å². The maximum absolute atomic E-state index is 13.0. The number of likely N-dealkylation sites (N-methyl/N-ethyl adjacent to an activating group) is 1. The maximum Gasteiger partial charge on any atom is 0.276 e. The summed E-state index contributed by atoms with van der Waals surface area (Å²) < 4.78 is 0. The summed E-state index contributed by atoms with van der Waals surface area (Å²) in [6.45, 7) is 4.50. The van der Waals surface area contributed by atoms with Crippen LogP contribution in [0.15, 0.2) is 53.1 Å². The van der Waals surface area contributed by atoms with E-state index >= 15 is 0 Å². The minimum atomic E-state index is -0.111. The minimum absolute atomic E-state index is 0.111. The first-order valence-corrected chi connectivity index (χ1v) is 9.16. The molecule has 0 spiro atoms. The van der Waals surface area contributed by atoms with Crippen molar-refractivity contribution < 1.29 is 9.90 Å². The zero-order valence-electron chi connectivity index (χ0n) is 15.5. The quantitative estimate of drug-likeness (QED) is 0.582. The van der Waals surface area contributed by atoms with Gasteiger partial charge in [0.05, 0.1) is 12.7 Å². The molecule has 1 amide bonds. The number of rotatable bonds is 7. The zero-order chi connectivity index (χ0) is 19.1. The average Bonchev–Trinajstić information content (AvgIpc) is 2.61. The standard InChI is InChI=1S/C20H26ClN3O2/c1-4-16(9-10-25)11-22-12-19-20(26)24(15(2)13-23(19)3)14-17-7-5-6-8-18(17)21/h5-8,11-13,16,25H,4,9-10,14H2,1-3H3/b19-12-,22-11?. The minimum Gasteiger partial charge on any atom is -0.396 e. The first-order valence-electron chi connectivity index (χ1n) is 8.78. The van der Waals surface area contributed by atoms with Crippen molar-refractivity contribution in [1.82, 2.24) is 9.80 Å². The van der Waals surface area contributed by atoms with E-state index in [1.165, 1.54) is 0 Å². The van der Waals surface area contributed by atoms with Gasteiger partial charge in [-0.05, 0) is 37.3 Å². The highest BCUT2D eigenvalue weighted by Gasteiger charge is 2.27. The normalized spacial score (nSPS) is 18.0. The smallest absolute Gasteiger partial charge is 0.276 e. The SMILES string of the molecule is CCC(C=N/C=C1/C(=O)N(Cc2ccccc2Cl)C(C)=CN1C)CCO. The number of halogens is 1. The van der Waals surface area contributed by atoms with Crippen LogP contribution in [0.4, 0.5) is 0 Å². The van der Waals surface area contributed by atoms with Gasteiger partial charge in [0.25, 0.3) is 5.91 Å². The highest BCUT2D eigenvalue weighted by Crippen LogP contribution is 2.25. The summed E-state index contributed by atoms with van der Waals surface area (Å²) in [6.07, 6.45) is 6.86. The van der Waals surface area contributed by atoms with Crippen molar-refractivity contribution in [1.29, 1.82) is 0 Å². The molecular weight excluding hydrogens is 350 g/mol. The van der Waals surface area contributed by atoms with Crippen molar-refractivity contribution in [2.75, 3.05) is 13.7 Å². The van der Waals surface area contributed by atoms with Gasteiger partial charge in [-0.2, -0.15) is 0 Å². The van der Waals surface area contributed by atoms with Gasteiger partial charge in [-0.1, -0.05) is 36.7 Å². The second-order valence-corrected chi connectivity index (χ2v) is 6.76. The van der Waals surface area contributed by atoms with E-state index in [0.717, 1.165) is 17.7 Å². The van der Waals surface area contributed by atoms with Crippen molar-refractivity contribution in [2.24, 2.45) is 10.9 Å². The number of allylic oxidation sites excluding steroid dienone is 1. The van der Waals surface area contributed by atoms with Crippen LogP contribution in [0.1, 0.15) is 32.3 Å². The molecule has 1 unspecified atom stereocenters. The van der Waals surface area contributed by atoms with Crippen molar-refractivity contribution >= 4 is 23.7 Å². The van der Waals surface area contributed by atoms with Crippen LogP contribution in [0.5, 0.6) is 0 Å². The Kier molecular flexibility index (Phi) is 7.42. The van der Waals surface area contributed by atoms with Gasteiger partial charge >= 0.3 is 0 Å². The van der Waals surface area contributed by atoms with Crippen LogP contribution in [0.25, 0.3) is 0 Å². The predicted molar refractivity (Wildman–Crippen MR) is 106 cm³/mol. The molecule has 0 fully saturated rings. The molecule has 1 N–H and O–H groups in total. The molecule has 0 saturated carbocycles. The summed E-state index contributed by atoms with van der Waals surface area (Å²) in [5, 5.41) is 9.71. The predicted octanol–water partition coefficient (Wildman–Crippen LogP) is 3.80. The number of aliphatic hydroxyl groups is 1. The van der Waals surface area contributed by atoms with E-state index in [2.05, 4.69) is 11.9 Å². The van der Waals surface area contributed by atoms with Crippen LogP contribution in [0.3, 0.4) is 0 Å². The van der Waals surface area contributed by atoms with Crippen LogP contribution >= 0.6 is 11.6 Å². The zero-order valence-corrected chi connectivity index (χ0v) is 16.3. The Bertz CT molecular complexity index is 728. The molecule has 0 saturated heterocycles. The van der Waals surface area contributed by atoms with Crippen LogP contribution in [0, 0.1) is 5.92 Å². The van der Waals surface area contributed by atoms with Gasteiger partial charge in [0.2, 0.25) is 0 Å². The van der Waals surface area contributed by atoms with Gasteiger partial charge in [0, 0.05) is 36.8 Å². The Morgan fingerprint density at radius 3 is 2.73 bits per heavy atom. The fraction of sp³-hybridized carbons (Fsp3) is 0.400. The van der Waals surface area contributed by atoms with Gasteiger partial charge in [0.15, 0.2) is 0 Å². The number of hydrogen-bond donors (Lipinski definition) is 1. The summed E-state index contributed by atoms with van der Waals surface area (Å²) in [5.74, 6) is 0.0946. The summed E-state index contributed by atoms with van der Waals surface area (Å²) in [4.78, 5) is 20.8. The highest BCUT2D eigenvalue weighted by molar-refractivity contribution is 6.31. The lowest BCUT2D eigenvalue weighted by Crippen LogP contribution is -2.39. The number of carbonyl (C=O) groups excluding carboxylic acids is 1. The first kappa shape index (κ1) is 20.2. The molecule has 0 aliphatic carbocycles. The second-order valence-electron chi connectivity index (χ2n) is 6.36. The molecule has 0 aromatic heterocycles. The third-order valence-corrected chi connectivity index (χ3v) is 4.82. The van der Waals surface area contributed by atoms with Crippen LogP contribution in [-0.2, 0) is 11.3 Å². The number of carbonyl (C=O) groups is 1. The van der Waals surface area contributed by atoms with E-state index in [-0.39, 0.29) is 18.4 Å². The molecule has 1 heterocycles. The summed E-state index contributed by atoms with van der Waals surface area (Å²) >= 11 is 6.24. The first-order chi connectivity index (χ1) is 12.5. The molecule has 1 atom stereocenters. The molecule has 0 bridgehead atoms. The number of benzene rings is 1. The Hall–Kier alpha value is -2.11. The maximum atomic E-state index is 13.0. The molecule has 0 radical (unpaired) electrons. The molecule has 1 aromatic carbocycles. The van der Waals surface area contributed by atoms with E-state index < -0.39 is 0 Å². The number of aliphatic imine (C=N–C) groups is 1. The molecule has 1 aliphatic rings. The Balaban J connectivity index is 2.21. The van der Waals surface area contributed by atoms with Crippen molar-refractivity contribution in [3.8, 4) is 0 Å². The number of aliphatic hydroxyl groups excluding tert-OH is 1. The highest BCUT2D eigenvalue weighted by atomic mass is 35.5. The number of amides is 1. The summed E-state index contributed by atoms with van der Waals surface area (Å²) in [5.41, 5.74) is 2.25. The molecule has 5 nitrogen and oxygen atoms in total. The van der Waals surface area contributed by atoms with E-state index in [0.29, 0.717) is 23.7 Å². The summed E-state index contributed by atoms with van der Waals surface area (Å²) in [7, 11) is 1.83. The van der Waals surface area contributed by atoms with Crippen molar-refractivity contribution in [3.63, 3.8) is 0 Å². The van der Waals surface area contributed by atoms with E-state index in [4.69, 9.17) is 16.7 Å². The van der Waals surface area contributed by atoms with Gasteiger partial charge in [-0.25, -0.2) is 0 Å². The number of nitrogens with zero attached hydrogens (tertiary/aromatic N) is 3. The molecule has 6 heteroatoms. The lowest BCUT2D eigenvalue weighted by atomic mass is 10.1. The summed E-state index contributed by atoms with van der Waals surface area (Å²) in [6, 6.07) is 7.53. The fourth-order valence-corrected chi connectivity index (χ4v) is 2.99. The monoisotopic (exact) mass is 375 g/mol. The van der Waals surface area contributed by atoms with Crippen molar-refractivity contribution in [3.05, 3.63) is 58.6 Å². The molecular formula is C20H26ClN3O2. The topological polar surface area (TPSA) is 56.1 Å². The molecule has 26 heavy (non-hydrogen) atoms. The lowest BCUT2D eigenvalue weighted by Gasteiger charge is -2.33. The van der Waals surface area contributed by atoms with E-state index in [1.807, 2.05) is 44.4 Å². The largest absolute Gasteiger partial charge is 0.396 e. The van der Waals surface area contributed by atoms with Gasteiger partial charge in [0.1, 0.15) is 5.70 Å². The fourth-order valence-electron chi connectivity index (χ4n) is 2.79. The molecule has 140 valence electrons. The average molecular weight is 376 g/mol. The third-order valence-electron chi connectivity index (χ3n) is 4.45. The lowest BCUT2D eigenvalue weighted by molar-refractivity contribution is -0.127. The van der Waals surface area contributed by atoms with E-state index in [1.54, 1.807) is 22.2 Å². The Morgan fingerprint density at radius 2 is 2.08 bits per heavy atom. The second kappa shape index (κ2) is 9.55. The Morgan fingerprint density at radius 1 is 1.35 bits per heavy atom. The number of hydrogen-bond acceptors (Lipinski definition) is 4. The van der Waals surface area contributed by atoms with Gasteiger partial charge in [-0.15, -0.1) is 0 Å². The molecule has 1 aromatic rings. The van der Waals surface area contributed by atoms with Crippen LogP contribution in [-0.4, -0.2) is 40.7 Å². The third kappa shape index (κ3) is 4.96. The van der Waals surface area contributed by atoms with Crippen LogP contribution in [0.2, 0.25) is 5.02 Å². The van der Waals surface area contributed by atoms with Crippen molar-refractivity contribution in [2.45, 2.75) is 33.2 Å². The van der Waals surface area contributed by atoms with E-state index in [9.17, 15) is 4.79 Å². The molecule has 1 aliphatic heterocycles. The molecule has 2 rings (SSSR count).